The van der Waals surface area contributed by atoms with E-state index in [-0.39, 0.29) is 6.04 Å². The predicted octanol–water partition coefficient (Wildman–Crippen LogP) is 2.92. The van der Waals surface area contributed by atoms with Gasteiger partial charge in [-0.25, -0.2) is 0 Å². The monoisotopic (exact) mass is 257 g/mol. The molecular weight excluding hydrogens is 234 g/mol. The highest BCUT2D eigenvalue weighted by Gasteiger charge is 2.18. The fraction of sp³-hybridized carbons (Fsp3) is 0.438. The molecule has 1 heterocycles. The third kappa shape index (κ3) is 2.56. The van der Waals surface area contributed by atoms with E-state index in [9.17, 15) is 0 Å². The van der Waals surface area contributed by atoms with Crippen molar-refractivity contribution in [3.05, 3.63) is 52.3 Å². The molecule has 0 aliphatic rings. The highest BCUT2D eigenvalue weighted by atomic mass is 15.3. The van der Waals surface area contributed by atoms with E-state index >= 15 is 0 Å². The van der Waals surface area contributed by atoms with Crippen molar-refractivity contribution < 1.29 is 0 Å². The Labute approximate surface area is 115 Å². The summed E-state index contributed by atoms with van der Waals surface area (Å²) in [6.07, 6.45) is 1.02. The molecule has 0 bridgehead atoms. The van der Waals surface area contributed by atoms with Crippen LogP contribution in [0.3, 0.4) is 0 Å². The Balaban J connectivity index is 2.45. The van der Waals surface area contributed by atoms with E-state index in [0.29, 0.717) is 6.54 Å². The zero-order valence-electron chi connectivity index (χ0n) is 12.3. The first-order valence-electron chi connectivity index (χ1n) is 6.89. The van der Waals surface area contributed by atoms with Crippen LogP contribution in [0.4, 0.5) is 0 Å². The maximum atomic E-state index is 5.98. The van der Waals surface area contributed by atoms with Gasteiger partial charge in [0, 0.05) is 12.2 Å². The molecular formula is C16H23N3. The normalized spacial score (nSPS) is 12.7. The van der Waals surface area contributed by atoms with E-state index < -0.39 is 0 Å². The molecule has 0 fully saturated rings. The van der Waals surface area contributed by atoms with Crippen LogP contribution >= 0.6 is 0 Å². The van der Waals surface area contributed by atoms with Crippen molar-refractivity contribution in [3.8, 4) is 0 Å². The second-order valence-corrected chi connectivity index (χ2v) is 5.11. The summed E-state index contributed by atoms with van der Waals surface area (Å²) in [5.41, 5.74) is 12.2. The minimum absolute atomic E-state index is 0.125. The first-order valence-corrected chi connectivity index (χ1v) is 6.89. The van der Waals surface area contributed by atoms with E-state index in [1.165, 1.54) is 22.4 Å². The molecule has 0 radical (unpaired) electrons. The van der Waals surface area contributed by atoms with Crippen LogP contribution in [0.25, 0.3) is 0 Å². The van der Waals surface area contributed by atoms with E-state index in [4.69, 9.17) is 5.73 Å². The average molecular weight is 257 g/mol. The molecule has 0 spiro atoms. The number of hydrogen-bond acceptors (Lipinski definition) is 2. The second kappa shape index (κ2) is 5.57. The first kappa shape index (κ1) is 13.8. The third-order valence-corrected chi connectivity index (χ3v) is 3.81. The van der Waals surface area contributed by atoms with Gasteiger partial charge in [-0.3, -0.25) is 4.68 Å². The molecule has 0 amide bonds. The summed E-state index contributed by atoms with van der Waals surface area (Å²) in [6.45, 7) is 9.04. The molecule has 19 heavy (non-hydrogen) atoms. The van der Waals surface area contributed by atoms with Crippen molar-refractivity contribution in [1.29, 1.82) is 0 Å². The van der Waals surface area contributed by atoms with Gasteiger partial charge in [0.05, 0.1) is 11.7 Å². The summed E-state index contributed by atoms with van der Waals surface area (Å²) in [5.74, 6) is 0. The van der Waals surface area contributed by atoms with Gasteiger partial charge in [-0.2, -0.15) is 5.10 Å². The average Bonchev–Trinajstić information content (AvgIpc) is 2.68. The van der Waals surface area contributed by atoms with Crippen LogP contribution in [0.15, 0.2) is 24.3 Å². The number of aryl methyl sites for hydroxylation is 2. The topological polar surface area (TPSA) is 43.8 Å². The minimum atomic E-state index is 0.125. The van der Waals surface area contributed by atoms with Crippen LogP contribution in [0, 0.1) is 20.8 Å². The Morgan fingerprint density at radius 3 is 2.26 bits per heavy atom. The number of nitrogens with zero attached hydrogens (tertiary/aromatic N) is 2. The Hall–Kier alpha value is -1.61. The minimum Gasteiger partial charge on any atom is -0.328 e. The predicted molar refractivity (Wildman–Crippen MR) is 79.5 cm³/mol. The molecule has 1 unspecified atom stereocenters. The molecule has 0 aliphatic heterocycles. The summed E-state index contributed by atoms with van der Waals surface area (Å²) in [6, 6.07) is 8.68. The highest BCUT2D eigenvalue weighted by Crippen LogP contribution is 2.23. The van der Waals surface area contributed by atoms with Crippen molar-refractivity contribution in [2.75, 3.05) is 6.54 Å². The first-order chi connectivity index (χ1) is 9.08. The Morgan fingerprint density at radius 1 is 1.16 bits per heavy atom. The molecule has 2 rings (SSSR count). The lowest BCUT2D eigenvalue weighted by Gasteiger charge is -2.18. The SMILES string of the molecule is CCc1c(C)nn(C(CN)c2ccc(C)cc2)c1C. The molecule has 0 aliphatic carbocycles. The van der Waals surface area contributed by atoms with Gasteiger partial charge in [0.15, 0.2) is 0 Å². The summed E-state index contributed by atoms with van der Waals surface area (Å²) in [4.78, 5) is 0. The summed E-state index contributed by atoms with van der Waals surface area (Å²) >= 11 is 0. The number of hydrogen-bond donors (Lipinski definition) is 1. The molecule has 102 valence electrons. The van der Waals surface area contributed by atoms with Crippen LogP contribution in [0.5, 0.6) is 0 Å². The number of rotatable bonds is 4. The van der Waals surface area contributed by atoms with Crippen LogP contribution < -0.4 is 5.73 Å². The van der Waals surface area contributed by atoms with Crippen LogP contribution in [-0.4, -0.2) is 16.3 Å². The highest BCUT2D eigenvalue weighted by molar-refractivity contribution is 5.29. The fourth-order valence-electron chi connectivity index (χ4n) is 2.68. The van der Waals surface area contributed by atoms with Crippen LogP contribution in [0.2, 0.25) is 0 Å². The van der Waals surface area contributed by atoms with Gasteiger partial charge < -0.3 is 5.73 Å². The molecule has 3 nitrogen and oxygen atoms in total. The Bertz CT molecular complexity index is 552. The lowest BCUT2D eigenvalue weighted by molar-refractivity contribution is 0.516. The zero-order valence-corrected chi connectivity index (χ0v) is 12.3. The van der Waals surface area contributed by atoms with E-state index in [2.05, 4.69) is 61.7 Å². The van der Waals surface area contributed by atoms with Gasteiger partial charge in [0.1, 0.15) is 0 Å². The molecule has 1 aromatic heterocycles. The van der Waals surface area contributed by atoms with Gasteiger partial charge >= 0.3 is 0 Å². The van der Waals surface area contributed by atoms with Gasteiger partial charge in [-0.15, -0.1) is 0 Å². The van der Waals surface area contributed by atoms with E-state index in [0.717, 1.165) is 12.1 Å². The summed E-state index contributed by atoms with van der Waals surface area (Å²) in [7, 11) is 0. The third-order valence-electron chi connectivity index (χ3n) is 3.81. The van der Waals surface area contributed by atoms with Crippen LogP contribution in [-0.2, 0) is 6.42 Å². The quantitative estimate of drug-likeness (QED) is 0.915. The largest absolute Gasteiger partial charge is 0.328 e. The molecule has 2 aromatic rings. The smallest absolute Gasteiger partial charge is 0.0893 e. The standard InChI is InChI=1S/C16H23N3/c1-5-15-12(3)18-19(13(15)4)16(10-17)14-8-6-11(2)7-9-14/h6-9,16H,5,10,17H2,1-4H3. The van der Waals surface area contributed by atoms with E-state index in [1.54, 1.807) is 0 Å². The molecule has 3 heteroatoms. The number of benzene rings is 1. The van der Waals surface area contributed by atoms with Gasteiger partial charge in [-0.1, -0.05) is 36.8 Å². The lowest BCUT2D eigenvalue weighted by atomic mass is 10.0. The maximum Gasteiger partial charge on any atom is 0.0893 e. The second-order valence-electron chi connectivity index (χ2n) is 5.11. The Morgan fingerprint density at radius 2 is 1.79 bits per heavy atom. The van der Waals surface area contributed by atoms with Crippen molar-refractivity contribution in [2.24, 2.45) is 5.73 Å². The molecule has 0 saturated carbocycles. The van der Waals surface area contributed by atoms with Crippen molar-refractivity contribution >= 4 is 0 Å². The van der Waals surface area contributed by atoms with Crippen LogP contribution in [0.1, 0.15) is 41.0 Å². The molecule has 2 N–H and O–H groups in total. The summed E-state index contributed by atoms with van der Waals surface area (Å²) < 4.78 is 2.08. The summed E-state index contributed by atoms with van der Waals surface area (Å²) in [5, 5.41) is 4.69. The maximum absolute atomic E-state index is 5.98. The molecule has 1 aromatic carbocycles. The van der Waals surface area contributed by atoms with Gasteiger partial charge in [0.2, 0.25) is 0 Å². The molecule has 0 saturated heterocycles. The molecule has 1 atom stereocenters. The number of nitrogens with two attached hydrogens (primary N) is 1. The van der Waals surface area contributed by atoms with E-state index in [1.807, 2.05) is 0 Å². The zero-order chi connectivity index (χ0) is 14.0. The lowest BCUT2D eigenvalue weighted by Crippen LogP contribution is -2.22. The number of aromatic nitrogens is 2. The van der Waals surface area contributed by atoms with Crippen molar-refractivity contribution in [2.45, 2.75) is 40.2 Å². The van der Waals surface area contributed by atoms with Gasteiger partial charge in [-0.05, 0) is 38.3 Å². The fourth-order valence-corrected chi connectivity index (χ4v) is 2.68. The Kier molecular flexibility index (Phi) is 4.05. The van der Waals surface area contributed by atoms with Crippen molar-refractivity contribution in [3.63, 3.8) is 0 Å². The van der Waals surface area contributed by atoms with Crippen molar-refractivity contribution in [1.82, 2.24) is 9.78 Å². The van der Waals surface area contributed by atoms with Gasteiger partial charge in [0.25, 0.3) is 0 Å².